The van der Waals surface area contributed by atoms with Gasteiger partial charge in [0.2, 0.25) is 0 Å². The van der Waals surface area contributed by atoms with Gasteiger partial charge in [-0.25, -0.2) is 0 Å². The van der Waals surface area contributed by atoms with Crippen molar-refractivity contribution < 1.29 is 0 Å². The molecule has 0 saturated carbocycles. The standard InChI is InChI=1S/C14H21Cl/c1-10-8-11(2)14(12(3)9-10)7-5-6-13(4)15/h8-9,13H,5-7H2,1-4H3. The molecule has 0 bridgehead atoms. The van der Waals surface area contributed by atoms with E-state index < -0.39 is 0 Å². The molecule has 0 nitrogen and oxygen atoms in total. The van der Waals surface area contributed by atoms with Gasteiger partial charge >= 0.3 is 0 Å². The summed E-state index contributed by atoms with van der Waals surface area (Å²) in [5.74, 6) is 0. The summed E-state index contributed by atoms with van der Waals surface area (Å²) in [4.78, 5) is 0. The van der Waals surface area contributed by atoms with Crippen LogP contribution in [0.3, 0.4) is 0 Å². The van der Waals surface area contributed by atoms with Crippen molar-refractivity contribution in [3.63, 3.8) is 0 Å². The number of benzene rings is 1. The number of halogens is 1. The van der Waals surface area contributed by atoms with Crippen molar-refractivity contribution in [3.8, 4) is 0 Å². The van der Waals surface area contributed by atoms with Gasteiger partial charge in [0.25, 0.3) is 0 Å². The highest BCUT2D eigenvalue weighted by Crippen LogP contribution is 2.19. The summed E-state index contributed by atoms with van der Waals surface area (Å²) in [5.41, 5.74) is 5.72. The van der Waals surface area contributed by atoms with Crippen LogP contribution in [0, 0.1) is 20.8 Å². The second kappa shape index (κ2) is 5.55. The van der Waals surface area contributed by atoms with Crippen LogP contribution in [-0.4, -0.2) is 5.38 Å². The third-order valence-corrected chi connectivity index (χ3v) is 3.09. The van der Waals surface area contributed by atoms with Gasteiger partial charge in [-0.15, -0.1) is 11.6 Å². The van der Waals surface area contributed by atoms with Gasteiger partial charge in [-0.05, 0) is 63.6 Å². The molecule has 0 aliphatic rings. The molecule has 1 heteroatoms. The molecule has 15 heavy (non-hydrogen) atoms. The second-order valence-electron chi connectivity index (χ2n) is 4.55. The summed E-state index contributed by atoms with van der Waals surface area (Å²) in [6, 6.07) is 4.54. The minimum absolute atomic E-state index is 0.302. The second-order valence-corrected chi connectivity index (χ2v) is 5.30. The Hall–Kier alpha value is -0.490. The minimum atomic E-state index is 0.302. The molecule has 0 heterocycles. The maximum atomic E-state index is 5.95. The van der Waals surface area contributed by atoms with Crippen molar-refractivity contribution in [2.45, 2.75) is 52.3 Å². The molecule has 0 saturated heterocycles. The summed E-state index contributed by atoms with van der Waals surface area (Å²) in [6.07, 6.45) is 3.46. The van der Waals surface area contributed by atoms with Crippen molar-refractivity contribution in [2.75, 3.05) is 0 Å². The summed E-state index contributed by atoms with van der Waals surface area (Å²) >= 11 is 5.95. The van der Waals surface area contributed by atoms with Crippen LogP contribution >= 0.6 is 11.6 Å². The van der Waals surface area contributed by atoms with Crippen molar-refractivity contribution in [1.82, 2.24) is 0 Å². The third-order valence-electron chi connectivity index (χ3n) is 2.87. The molecule has 1 rings (SSSR count). The van der Waals surface area contributed by atoms with E-state index in [0.717, 1.165) is 12.8 Å². The Kier molecular flexibility index (Phi) is 4.66. The first-order chi connectivity index (χ1) is 7.00. The maximum absolute atomic E-state index is 5.95. The highest BCUT2D eigenvalue weighted by Gasteiger charge is 2.04. The van der Waals surface area contributed by atoms with E-state index in [1.165, 1.54) is 28.7 Å². The molecule has 0 aromatic heterocycles. The zero-order valence-corrected chi connectivity index (χ0v) is 11.0. The van der Waals surface area contributed by atoms with Crippen LogP contribution in [0.1, 0.15) is 42.0 Å². The van der Waals surface area contributed by atoms with Gasteiger partial charge in [0.05, 0.1) is 0 Å². The monoisotopic (exact) mass is 224 g/mol. The lowest BCUT2D eigenvalue weighted by Crippen LogP contribution is -1.98. The van der Waals surface area contributed by atoms with Crippen molar-refractivity contribution in [3.05, 3.63) is 34.4 Å². The Morgan fingerprint density at radius 2 is 1.67 bits per heavy atom. The lowest BCUT2D eigenvalue weighted by Gasteiger charge is -2.11. The molecule has 0 fully saturated rings. The fourth-order valence-electron chi connectivity index (χ4n) is 2.16. The van der Waals surface area contributed by atoms with Crippen LogP contribution in [0.4, 0.5) is 0 Å². The fourth-order valence-corrected chi connectivity index (χ4v) is 2.32. The Labute approximate surface area is 98.7 Å². The molecule has 0 aliphatic carbocycles. The predicted molar refractivity (Wildman–Crippen MR) is 68.9 cm³/mol. The molecule has 0 aliphatic heterocycles. The summed E-state index contributed by atoms with van der Waals surface area (Å²) in [7, 11) is 0. The van der Waals surface area contributed by atoms with Gasteiger partial charge in [0.1, 0.15) is 0 Å². The highest BCUT2D eigenvalue weighted by atomic mass is 35.5. The smallest absolute Gasteiger partial charge is 0.0308 e. The topological polar surface area (TPSA) is 0 Å². The van der Waals surface area contributed by atoms with E-state index in [4.69, 9.17) is 11.6 Å². The van der Waals surface area contributed by atoms with E-state index in [1.807, 2.05) is 0 Å². The molecule has 0 amide bonds. The van der Waals surface area contributed by atoms with Crippen molar-refractivity contribution in [1.29, 1.82) is 0 Å². The summed E-state index contributed by atoms with van der Waals surface area (Å²) < 4.78 is 0. The molecule has 0 spiro atoms. The fraction of sp³-hybridized carbons (Fsp3) is 0.571. The largest absolute Gasteiger partial charge is 0.123 e. The van der Waals surface area contributed by atoms with E-state index >= 15 is 0 Å². The first-order valence-corrected chi connectivity index (χ1v) is 6.15. The van der Waals surface area contributed by atoms with E-state index in [2.05, 4.69) is 39.8 Å². The number of rotatable bonds is 4. The Morgan fingerprint density at radius 1 is 1.13 bits per heavy atom. The lowest BCUT2D eigenvalue weighted by atomic mass is 9.95. The average molecular weight is 225 g/mol. The first kappa shape index (κ1) is 12.6. The van der Waals surface area contributed by atoms with Crippen molar-refractivity contribution in [2.24, 2.45) is 0 Å². The number of hydrogen-bond donors (Lipinski definition) is 0. The minimum Gasteiger partial charge on any atom is -0.123 e. The Morgan fingerprint density at radius 3 is 2.13 bits per heavy atom. The van der Waals surface area contributed by atoms with Gasteiger partial charge < -0.3 is 0 Å². The third kappa shape index (κ3) is 3.87. The molecule has 1 unspecified atom stereocenters. The number of alkyl halides is 1. The molecule has 1 aromatic carbocycles. The van der Waals surface area contributed by atoms with Gasteiger partial charge in [0.15, 0.2) is 0 Å². The quantitative estimate of drug-likeness (QED) is 0.658. The molecular weight excluding hydrogens is 204 g/mol. The van der Waals surface area contributed by atoms with E-state index in [1.54, 1.807) is 0 Å². The van der Waals surface area contributed by atoms with E-state index in [-0.39, 0.29) is 0 Å². The highest BCUT2D eigenvalue weighted by molar-refractivity contribution is 6.20. The number of hydrogen-bond acceptors (Lipinski definition) is 0. The van der Waals surface area contributed by atoms with Gasteiger partial charge in [0, 0.05) is 5.38 Å². The zero-order chi connectivity index (χ0) is 11.4. The Bertz CT molecular complexity index is 303. The van der Waals surface area contributed by atoms with Gasteiger partial charge in [-0.2, -0.15) is 0 Å². The van der Waals surface area contributed by atoms with Gasteiger partial charge in [-0.3, -0.25) is 0 Å². The number of aryl methyl sites for hydroxylation is 3. The maximum Gasteiger partial charge on any atom is 0.0308 e. The van der Waals surface area contributed by atoms with Crippen LogP contribution in [0.2, 0.25) is 0 Å². The van der Waals surface area contributed by atoms with Crippen LogP contribution in [0.25, 0.3) is 0 Å². The molecule has 0 N–H and O–H groups in total. The van der Waals surface area contributed by atoms with Crippen LogP contribution in [0.15, 0.2) is 12.1 Å². The molecule has 84 valence electrons. The lowest BCUT2D eigenvalue weighted by molar-refractivity contribution is 0.719. The molecular formula is C14H21Cl. The molecule has 1 atom stereocenters. The van der Waals surface area contributed by atoms with E-state index in [0.29, 0.717) is 5.38 Å². The summed E-state index contributed by atoms with van der Waals surface area (Å²) in [5, 5.41) is 0.302. The predicted octanol–water partition coefficient (Wildman–Crippen LogP) is 4.56. The van der Waals surface area contributed by atoms with Crippen LogP contribution < -0.4 is 0 Å². The summed E-state index contributed by atoms with van der Waals surface area (Å²) in [6.45, 7) is 8.64. The van der Waals surface area contributed by atoms with E-state index in [9.17, 15) is 0 Å². The van der Waals surface area contributed by atoms with Crippen molar-refractivity contribution >= 4 is 11.6 Å². The normalized spacial score (nSPS) is 12.9. The SMILES string of the molecule is Cc1cc(C)c(CCCC(C)Cl)c(C)c1. The Balaban J connectivity index is 2.68. The molecule has 0 radical (unpaired) electrons. The van der Waals surface area contributed by atoms with Crippen LogP contribution in [-0.2, 0) is 6.42 Å². The van der Waals surface area contributed by atoms with Gasteiger partial charge in [-0.1, -0.05) is 17.7 Å². The molecule has 1 aromatic rings. The zero-order valence-electron chi connectivity index (χ0n) is 10.2. The first-order valence-electron chi connectivity index (χ1n) is 5.71. The van der Waals surface area contributed by atoms with Crippen LogP contribution in [0.5, 0.6) is 0 Å². The average Bonchev–Trinajstić information content (AvgIpc) is 2.08.